The molecule has 20 heavy (non-hydrogen) atoms. The summed E-state index contributed by atoms with van der Waals surface area (Å²) in [5.41, 5.74) is 4.21. The number of hydrogen-bond acceptors (Lipinski definition) is 4. The van der Waals surface area contributed by atoms with Gasteiger partial charge in [-0.1, -0.05) is 12.1 Å². The molecule has 1 aromatic carbocycles. The second-order valence-corrected chi connectivity index (χ2v) is 5.33. The zero-order valence-electron chi connectivity index (χ0n) is 12.8. The van der Waals surface area contributed by atoms with Crippen LogP contribution in [0.15, 0.2) is 18.2 Å². The van der Waals surface area contributed by atoms with Gasteiger partial charge in [0.2, 0.25) is 0 Å². The molecule has 0 amide bonds. The van der Waals surface area contributed by atoms with E-state index in [0.717, 1.165) is 39.3 Å². The molecule has 4 heteroatoms. The van der Waals surface area contributed by atoms with Crippen molar-refractivity contribution in [1.82, 2.24) is 5.32 Å². The molecule has 0 radical (unpaired) electrons. The Morgan fingerprint density at radius 2 is 2.15 bits per heavy atom. The lowest BCUT2D eigenvalue weighted by atomic mass is 9.98. The summed E-state index contributed by atoms with van der Waals surface area (Å²) in [6.45, 7) is 6.56. The van der Waals surface area contributed by atoms with Gasteiger partial charge in [-0.25, -0.2) is 0 Å². The molecule has 0 spiro atoms. The van der Waals surface area contributed by atoms with Crippen LogP contribution in [0.3, 0.4) is 0 Å². The van der Waals surface area contributed by atoms with Gasteiger partial charge in [0, 0.05) is 39.0 Å². The number of nitrogens with zero attached hydrogens (tertiary/aromatic N) is 1. The fraction of sp³-hybridized carbons (Fsp3) is 0.625. The fourth-order valence-electron chi connectivity index (χ4n) is 2.86. The Balaban J connectivity index is 2.27. The number of fused-ring (bicyclic) bond motifs is 1. The lowest BCUT2D eigenvalue weighted by Gasteiger charge is -2.34. The van der Waals surface area contributed by atoms with Crippen LogP contribution in [-0.2, 0) is 22.4 Å². The van der Waals surface area contributed by atoms with E-state index in [2.05, 4.69) is 35.3 Å². The first-order chi connectivity index (χ1) is 9.77. The van der Waals surface area contributed by atoms with Crippen LogP contribution in [0.4, 0.5) is 5.69 Å². The van der Waals surface area contributed by atoms with Crippen molar-refractivity contribution >= 4 is 5.69 Å². The van der Waals surface area contributed by atoms with Crippen molar-refractivity contribution in [1.29, 1.82) is 0 Å². The highest BCUT2D eigenvalue weighted by atomic mass is 16.5. The molecule has 0 saturated heterocycles. The molecule has 4 nitrogen and oxygen atoms in total. The SMILES string of the molecule is COCCN(c1cccc2c1CNCC2)C(C)COC. The summed E-state index contributed by atoms with van der Waals surface area (Å²) in [4.78, 5) is 2.40. The number of nitrogens with one attached hydrogen (secondary N) is 1. The van der Waals surface area contributed by atoms with Crippen molar-refractivity contribution < 1.29 is 9.47 Å². The van der Waals surface area contributed by atoms with Gasteiger partial charge < -0.3 is 19.7 Å². The molecular weight excluding hydrogens is 252 g/mol. The summed E-state index contributed by atoms with van der Waals surface area (Å²) in [7, 11) is 3.51. The van der Waals surface area contributed by atoms with E-state index in [4.69, 9.17) is 9.47 Å². The molecular formula is C16H26N2O2. The Kier molecular flexibility index (Phi) is 5.83. The molecule has 1 aromatic rings. The van der Waals surface area contributed by atoms with E-state index >= 15 is 0 Å². The van der Waals surface area contributed by atoms with Crippen molar-refractivity contribution in [3.05, 3.63) is 29.3 Å². The van der Waals surface area contributed by atoms with Crippen LogP contribution >= 0.6 is 0 Å². The van der Waals surface area contributed by atoms with Crippen LogP contribution in [0.1, 0.15) is 18.1 Å². The predicted octanol–water partition coefficient (Wildman–Crippen LogP) is 1.82. The zero-order chi connectivity index (χ0) is 14.4. The van der Waals surface area contributed by atoms with E-state index in [1.54, 1.807) is 14.2 Å². The highest BCUT2D eigenvalue weighted by Gasteiger charge is 2.20. The Hall–Kier alpha value is -1.10. The first-order valence-corrected chi connectivity index (χ1v) is 7.34. The lowest BCUT2D eigenvalue weighted by Crippen LogP contribution is -2.40. The van der Waals surface area contributed by atoms with Gasteiger partial charge in [0.25, 0.3) is 0 Å². The van der Waals surface area contributed by atoms with Gasteiger partial charge in [-0.2, -0.15) is 0 Å². The standard InChI is InChI=1S/C16H26N2O2/c1-13(12-20-3)18(9-10-19-2)16-6-4-5-14-7-8-17-11-15(14)16/h4-6,13,17H,7-12H2,1-3H3. The van der Waals surface area contributed by atoms with Gasteiger partial charge in [0.1, 0.15) is 0 Å². The monoisotopic (exact) mass is 278 g/mol. The van der Waals surface area contributed by atoms with Crippen LogP contribution in [0.5, 0.6) is 0 Å². The maximum atomic E-state index is 5.33. The van der Waals surface area contributed by atoms with E-state index in [9.17, 15) is 0 Å². The van der Waals surface area contributed by atoms with Gasteiger partial charge in [-0.05, 0) is 37.1 Å². The Labute approximate surface area is 122 Å². The highest BCUT2D eigenvalue weighted by Crippen LogP contribution is 2.27. The summed E-state index contributed by atoms with van der Waals surface area (Å²) >= 11 is 0. The number of rotatable bonds is 7. The molecule has 1 aliphatic heterocycles. The Bertz CT molecular complexity index is 423. The molecule has 0 saturated carbocycles. The molecule has 0 aromatic heterocycles. The third-order valence-corrected chi connectivity index (χ3v) is 3.91. The maximum Gasteiger partial charge on any atom is 0.0663 e. The minimum absolute atomic E-state index is 0.337. The minimum atomic E-state index is 0.337. The van der Waals surface area contributed by atoms with Crippen LogP contribution < -0.4 is 10.2 Å². The van der Waals surface area contributed by atoms with Gasteiger partial charge in [0.05, 0.1) is 13.2 Å². The van der Waals surface area contributed by atoms with Crippen molar-refractivity contribution in [2.75, 3.05) is 45.4 Å². The van der Waals surface area contributed by atoms with E-state index in [1.807, 2.05) is 0 Å². The molecule has 0 fully saturated rings. The van der Waals surface area contributed by atoms with Crippen molar-refractivity contribution in [2.24, 2.45) is 0 Å². The molecule has 2 rings (SSSR count). The molecule has 1 unspecified atom stereocenters. The molecule has 0 bridgehead atoms. The number of ether oxygens (including phenoxy) is 2. The third kappa shape index (κ3) is 3.51. The van der Waals surface area contributed by atoms with Crippen molar-refractivity contribution in [3.63, 3.8) is 0 Å². The van der Waals surface area contributed by atoms with E-state index in [-0.39, 0.29) is 0 Å². The first-order valence-electron chi connectivity index (χ1n) is 7.34. The summed E-state index contributed by atoms with van der Waals surface area (Å²) in [5, 5.41) is 3.47. The van der Waals surface area contributed by atoms with Gasteiger partial charge in [0.15, 0.2) is 0 Å². The van der Waals surface area contributed by atoms with E-state index in [1.165, 1.54) is 16.8 Å². The number of benzene rings is 1. The maximum absolute atomic E-state index is 5.33. The van der Waals surface area contributed by atoms with Crippen LogP contribution in [0.25, 0.3) is 0 Å². The predicted molar refractivity (Wildman–Crippen MR) is 82.4 cm³/mol. The van der Waals surface area contributed by atoms with Crippen LogP contribution in [-0.4, -0.2) is 46.6 Å². The fourth-order valence-corrected chi connectivity index (χ4v) is 2.86. The average molecular weight is 278 g/mol. The third-order valence-electron chi connectivity index (χ3n) is 3.91. The van der Waals surface area contributed by atoms with Crippen LogP contribution in [0.2, 0.25) is 0 Å². The van der Waals surface area contributed by atoms with Gasteiger partial charge >= 0.3 is 0 Å². The normalized spacial score (nSPS) is 15.8. The topological polar surface area (TPSA) is 33.7 Å². The largest absolute Gasteiger partial charge is 0.383 e. The molecule has 112 valence electrons. The second-order valence-electron chi connectivity index (χ2n) is 5.33. The number of anilines is 1. The van der Waals surface area contributed by atoms with Gasteiger partial charge in [-0.3, -0.25) is 0 Å². The molecule has 0 aliphatic carbocycles. The Morgan fingerprint density at radius 1 is 1.30 bits per heavy atom. The molecule has 1 aliphatic rings. The van der Waals surface area contributed by atoms with Crippen molar-refractivity contribution in [3.8, 4) is 0 Å². The van der Waals surface area contributed by atoms with Gasteiger partial charge in [-0.15, -0.1) is 0 Å². The highest BCUT2D eigenvalue weighted by molar-refractivity contribution is 5.58. The number of methoxy groups -OCH3 is 2. The van der Waals surface area contributed by atoms with Crippen LogP contribution in [0, 0.1) is 0 Å². The quantitative estimate of drug-likeness (QED) is 0.825. The molecule has 1 heterocycles. The minimum Gasteiger partial charge on any atom is -0.383 e. The van der Waals surface area contributed by atoms with Crippen molar-refractivity contribution in [2.45, 2.75) is 25.9 Å². The number of hydrogen-bond donors (Lipinski definition) is 1. The first kappa shape index (κ1) is 15.3. The summed E-state index contributed by atoms with van der Waals surface area (Å²) in [6.07, 6.45) is 1.11. The van der Waals surface area contributed by atoms with E-state index < -0.39 is 0 Å². The molecule has 1 atom stereocenters. The summed E-state index contributed by atoms with van der Waals surface area (Å²) in [5.74, 6) is 0. The van der Waals surface area contributed by atoms with E-state index in [0.29, 0.717) is 6.04 Å². The average Bonchev–Trinajstić information content (AvgIpc) is 2.48. The second kappa shape index (κ2) is 7.62. The smallest absolute Gasteiger partial charge is 0.0663 e. The zero-order valence-corrected chi connectivity index (χ0v) is 12.8. The summed E-state index contributed by atoms with van der Waals surface area (Å²) in [6, 6.07) is 6.96. The summed E-state index contributed by atoms with van der Waals surface area (Å²) < 4.78 is 10.6. The Morgan fingerprint density at radius 3 is 2.90 bits per heavy atom. The molecule has 1 N–H and O–H groups in total. The lowest BCUT2D eigenvalue weighted by molar-refractivity contribution is 0.171.